The van der Waals surface area contributed by atoms with E-state index in [1.165, 1.54) is 0 Å². The van der Waals surface area contributed by atoms with Crippen LogP contribution in [0.4, 0.5) is 4.79 Å². The van der Waals surface area contributed by atoms with Gasteiger partial charge in [0, 0.05) is 12.6 Å². The first-order chi connectivity index (χ1) is 17.0. The van der Waals surface area contributed by atoms with Gasteiger partial charge < -0.3 is 20.3 Å². The van der Waals surface area contributed by atoms with E-state index in [-0.39, 0.29) is 23.8 Å². The van der Waals surface area contributed by atoms with Gasteiger partial charge in [-0.15, -0.1) is 0 Å². The third kappa shape index (κ3) is 8.24. The summed E-state index contributed by atoms with van der Waals surface area (Å²) in [4.78, 5) is 42.4. The van der Waals surface area contributed by atoms with E-state index in [4.69, 9.17) is 4.74 Å². The number of nitrogens with zero attached hydrogens (tertiary/aromatic N) is 1. The SMILES string of the molecule is CCCCCNC(=O)C(c1ccccc1C)N(C(=O)C(NC(=O)OC(C)(C)C)C(C)CC)C1CCC1. The summed E-state index contributed by atoms with van der Waals surface area (Å²) in [5.41, 5.74) is 1.11. The Morgan fingerprint density at radius 1 is 1.11 bits per heavy atom. The van der Waals surface area contributed by atoms with Gasteiger partial charge in [-0.25, -0.2) is 4.79 Å². The molecule has 0 saturated heterocycles. The van der Waals surface area contributed by atoms with Crippen LogP contribution in [-0.4, -0.2) is 47.0 Å². The summed E-state index contributed by atoms with van der Waals surface area (Å²) in [6.07, 6.45) is 5.78. The van der Waals surface area contributed by atoms with Crippen molar-refractivity contribution < 1.29 is 19.1 Å². The normalized spacial score (nSPS) is 16.3. The molecule has 1 saturated carbocycles. The second-order valence-corrected chi connectivity index (χ2v) is 11.1. The molecule has 0 heterocycles. The van der Waals surface area contributed by atoms with E-state index in [1.54, 1.807) is 25.7 Å². The first-order valence-corrected chi connectivity index (χ1v) is 13.6. The van der Waals surface area contributed by atoms with Crippen LogP contribution in [0, 0.1) is 12.8 Å². The number of aryl methyl sites for hydroxylation is 1. The standard InChI is InChI=1S/C29H47N3O4/c1-8-10-13-19-30-26(33)25(23-18-12-11-15-21(23)4)32(22-16-14-17-22)27(34)24(20(3)9-2)31-28(35)36-29(5,6)7/h11-12,15,18,20,22,24-25H,8-10,13-14,16-17,19H2,1-7H3,(H,30,33)(H,31,35). The molecule has 0 aromatic heterocycles. The van der Waals surface area contributed by atoms with E-state index in [1.807, 2.05) is 45.0 Å². The minimum atomic E-state index is -0.787. The number of carbonyl (C=O) groups excluding carboxylic acids is 3. The Balaban J connectivity index is 2.46. The monoisotopic (exact) mass is 501 g/mol. The van der Waals surface area contributed by atoms with E-state index in [2.05, 4.69) is 17.6 Å². The summed E-state index contributed by atoms with van der Waals surface area (Å²) in [6, 6.07) is 6.17. The number of hydrogen-bond donors (Lipinski definition) is 2. The number of nitrogens with one attached hydrogen (secondary N) is 2. The van der Waals surface area contributed by atoms with Crippen LogP contribution < -0.4 is 10.6 Å². The van der Waals surface area contributed by atoms with Crippen molar-refractivity contribution in [1.29, 1.82) is 0 Å². The Labute approximate surface area is 217 Å². The highest BCUT2D eigenvalue weighted by Gasteiger charge is 2.43. The minimum Gasteiger partial charge on any atom is -0.444 e. The van der Waals surface area contributed by atoms with Crippen LogP contribution in [0.15, 0.2) is 24.3 Å². The Bertz CT molecular complexity index is 876. The molecule has 3 atom stereocenters. The van der Waals surface area contributed by atoms with Crippen molar-refractivity contribution in [3.05, 3.63) is 35.4 Å². The minimum absolute atomic E-state index is 0.0458. The average molecular weight is 502 g/mol. The van der Waals surface area contributed by atoms with Crippen LogP contribution in [0.3, 0.4) is 0 Å². The Hall–Kier alpha value is -2.57. The summed E-state index contributed by atoms with van der Waals surface area (Å²) in [7, 11) is 0. The van der Waals surface area contributed by atoms with E-state index >= 15 is 0 Å². The maximum atomic E-state index is 14.3. The van der Waals surface area contributed by atoms with Crippen molar-refractivity contribution in [2.45, 2.75) is 117 Å². The maximum absolute atomic E-state index is 14.3. The highest BCUT2D eigenvalue weighted by Crippen LogP contribution is 2.35. The van der Waals surface area contributed by atoms with Crippen molar-refractivity contribution in [3.8, 4) is 0 Å². The molecule has 0 radical (unpaired) electrons. The Morgan fingerprint density at radius 2 is 1.78 bits per heavy atom. The fraction of sp³-hybridized carbons (Fsp3) is 0.690. The molecule has 7 nitrogen and oxygen atoms in total. The molecular weight excluding hydrogens is 454 g/mol. The lowest BCUT2D eigenvalue weighted by atomic mass is 9.86. The molecule has 0 aliphatic heterocycles. The highest BCUT2D eigenvalue weighted by molar-refractivity contribution is 5.92. The molecule has 1 aromatic carbocycles. The van der Waals surface area contributed by atoms with Crippen molar-refractivity contribution in [2.24, 2.45) is 5.92 Å². The topological polar surface area (TPSA) is 87.7 Å². The van der Waals surface area contributed by atoms with E-state index in [9.17, 15) is 14.4 Å². The molecule has 2 N–H and O–H groups in total. The number of unbranched alkanes of at least 4 members (excludes halogenated alkanes) is 2. The molecule has 1 aliphatic carbocycles. The average Bonchev–Trinajstić information content (AvgIpc) is 2.77. The van der Waals surface area contributed by atoms with Crippen LogP contribution >= 0.6 is 0 Å². The van der Waals surface area contributed by atoms with Gasteiger partial charge in [0.15, 0.2) is 0 Å². The number of hydrogen-bond acceptors (Lipinski definition) is 4. The molecule has 1 fully saturated rings. The molecule has 3 amide bonds. The fourth-order valence-electron chi connectivity index (χ4n) is 4.46. The molecule has 2 rings (SSSR count). The molecule has 202 valence electrons. The van der Waals surface area contributed by atoms with Crippen molar-refractivity contribution >= 4 is 17.9 Å². The van der Waals surface area contributed by atoms with Crippen LogP contribution in [0.25, 0.3) is 0 Å². The Kier molecular flexibility index (Phi) is 11.3. The lowest BCUT2D eigenvalue weighted by Gasteiger charge is -2.44. The van der Waals surface area contributed by atoms with Gasteiger partial charge in [0.2, 0.25) is 11.8 Å². The first kappa shape index (κ1) is 29.7. The molecule has 7 heteroatoms. The van der Waals surface area contributed by atoms with Gasteiger partial charge in [0.25, 0.3) is 0 Å². The second-order valence-electron chi connectivity index (χ2n) is 11.1. The summed E-state index contributed by atoms with van der Waals surface area (Å²) >= 11 is 0. The van der Waals surface area contributed by atoms with Crippen LogP contribution in [0.1, 0.15) is 104 Å². The van der Waals surface area contributed by atoms with Crippen LogP contribution in [-0.2, 0) is 14.3 Å². The number of rotatable bonds is 12. The predicted molar refractivity (Wildman–Crippen MR) is 144 cm³/mol. The molecule has 3 unspecified atom stereocenters. The number of amides is 3. The zero-order chi connectivity index (χ0) is 26.9. The molecule has 0 bridgehead atoms. The molecule has 1 aliphatic rings. The highest BCUT2D eigenvalue weighted by atomic mass is 16.6. The maximum Gasteiger partial charge on any atom is 0.408 e. The van der Waals surface area contributed by atoms with Gasteiger partial charge in [0.05, 0.1) is 0 Å². The van der Waals surface area contributed by atoms with E-state index in [0.29, 0.717) is 13.0 Å². The third-order valence-electron chi connectivity index (χ3n) is 6.96. The van der Waals surface area contributed by atoms with Gasteiger partial charge in [0.1, 0.15) is 17.7 Å². The molecular formula is C29H47N3O4. The number of benzene rings is 1. The zero-order valence-electron chi connectivity index (χ0n) is 23.4. The fourth-order valence-corrected chi connectivity index (χ4v) is 4.46. The number of ether oxygens (including phenoxy) is 1. The van der Waals surface area contributed by atoms with Gasteiger partial charge in [-0.3, -0.25) is 9.59 Å². The zero-order valence-corrected chi connectivity index (χ0v) is 23.4. The lowest BCUT2D eigenvalue weighted by Crippen LogP contribution is -2.59. The van der Waals surface area contributed by atoms with E-state index in [0.717, 1.165) is 49.7 Å². The van der Waals surface area contributed by atoms with Crippen molar-refractivity contribution in [2.75, 3.05) is 6.54 Å². The second kappa shape index (κ2) is 13.7. The first-order valence-electron chi connectivity index (χ1n) is 13.6. The largest absolute Gasteiger partial charge is 0.444 e. The third-order valence-corrected chi connectivity index (χ3v) is 6.96. The van der Waals surface area contributed by atoms with Crippen molar-refractivity contribution in [3.63, 3.8) is 0 Å². The van der Waals surface area contributed by atoms with Gasteiger partial charge >= 0.3 is 6.09 Å². The quantitative estimate of drug-likeness (QED) is 0.362. The Morgan fingerprint density at radius 3 is 2.31 bits per heavy atom. The van der Waals surface area contributed by atoms with Gasteiger partial charge in [-0.2, -0.15) is 0 Å². The van der Waals surface area contributed by atoms with Crippen LogP contribution in [0.2, 0.25) is 0 Å². The van der Waals surface area contributed by atoms with Gasteiger partial charge in [-0.1, -0.05) is 64.3 Å². The lowest BCUT2D eigenvalue weighted by molar-refractivity contribution is -0.148. The van der Waals surface area contributed by atoms with Crippen molar-refractivity contribution in [1.82, 2.24) is 15.5 Å². The number of alkyl carbamates (subject to hydrolysis) is 1. The van der Waals surface area contributed by atoms with Crippen LogP contribution in [0.5, 0.6) is 0 Å². The smallest absolute Gasteiger partial charge is 0.408 e. The summed E-state index contributed by atoms with van der Waals surface area (Å²) in [6.45, 7) is 14.0. The molecule has 1 aromatic rings. The summed E-state index contributed by atoms with van der Waals surface area (Å²) in [5.74, 6) is -0.518. The molecule has 0 spiro atoms. The number of carbonyl (C=O) groups is 3. The van der Waals surface area contributed by atoms with E-state index < -0.39 is 23.8 Å². The predicted octanol–water partition coefficient (Wildman–Crippen LogP) is 5.66. The summed E-state index contributed by atoms with van der Waals surface area (Å²) in [5, 5.41) is 5.93. The molecule has 36 heavy (non-hydrogen) atoms. The van der Waals surface area contributed by atoms with Gasteiger partial charge in [-0.05, 0) is 70.4 Å². The summed E-state index contributed by atoms with van der Waals surface area (Å²) < 4.78 is 5.48.